The molecule has 0 saturated carbocycles. The highest BCUT2D eigenvalue weighted by Crippen LogP contribution is 2.31. The maximum absolute atomic E-state index is 13.7. The molecule has 2 aromatic rings. The smallest absolute Gasteiger partial charge is 0.243 e. The first-order valence-corrected chi connectivity index (χ1v) is 12.3. The third-order valence-electron chi connectivity index (χ3n) is 4.67. The topological polar surface area (TPSA) is 75.7 Å². The zero-order chi connectivity index (χ0) is 21.6. The summed E-state index contributed by atoms with van der Waals surface area (Å²) in [6, 6.07) is 10.7. The number of nitrogens with zero attached hydrogens (tertiary/aromatic N) is 1. The summed E-state index contributed by atoms with van der Waals surface area (Å²) in [6.07, 6.45) is 2.70. The summed E-state index contributed by atoms with van der Waals surface area (Å²) < 4.78 is 46.7. The summed E-state index contributed by atoms with van der Waals surface area (Å²) in [6.45, 7) is 3.16. The van der Waals surface area contributed by atoms with E-state index in [1.54, 1.807) is 31.2 Å². The van der Waals surface area contributed by atoms with Crippen molar-refractivity contribution >= 4 is 33.4 Å². The number of anilines is 1. The van der Waals surface area contributed by atoms with E-state index in [1.807, 2.05) is 0 Å². The van der Waals surface area contributed by atoms with Crippen molar-refractivity contribution in [2.75, 3.05) is 30.8 Å². The van der Waals surface area contributed by atoms with Gasteiger partial charge < -0.3 is 10.1 Å². The van der Waals surface area contributed by atoms with Gasteiger partial charge >= 0.3 is 0 Å². The normalized spacial score (nSPS) is 15.0. The predicted molar refractivity (Wildman–Crippen MR) is 116 cm³/mol. The van der Waals surface area contributed by atoms with E-state index in [0.717, 1.165) is 31.0 Å². The molecular weight excluding hydrogens is 427 g/mol. The molecule has 0 aliphatic carbocycles. The van der Waals surface area contributed by atoms with Crippen molar-refractivity contribution in [2.24, 2.45) is 0 Å². The highest BCUT2D eigenvalue weighted by molar-refractivity contribution is 8.00. The molecule has 1 aliphatic heterocycles. The van der Waals surface area contributed by atoms with Crippen LogP contribution < -0.4 is 10.1 Å². The Morgan fingerprint density at radius 3 is 2.60 bits per heavy atom. The number of nitrogens with one attached hydrogen (secondary N) is 1. The van der Waals surface area contributed by atoms with E-state index in [4.69, 9.17) is 4.74 Å². The minimum Gasteiger partial charge on any atom is -0.492 e. The van der Waals surface area contributed by atoms with Gasteiger partial charge in [0.25, 0.3) is 0 Å². The molecule has 162 valence electrons. The third kappa shape index (κ3) is 5.53. The molecule has 1 N–H and O–H groups in total. The number of amides is 1. The van der Waals surface area contributed by atoms with Crippen LogP contribution in [0.1, 0.15) is 26.2 Å². The van der Waals surface area contributed by atoms with E-state index < -0.39 is 10.0 Å². The lowest BCUT2D eigenvalue weighted by molar-refractivity contribution is -0.113. The van der Waals surface area contributed by atoms with Gasteiger partial charge in [-0.3, -0.25) is 4.79 Å². The van der Waals surface area contributed by atoms with Crippen LogP contribution in [-0.2, 0) is 14.8 Å². The number of benzene rings is 2. The fourth-order valence-corrected chi connectivity index (χ4v) is 5.48. The highest BCUT2D eigenvalue weighted by Gasteiger charge is 2.27. The quantitative estimate of drug-likeness (QED) is 0.610. The van der Waals surface area contributed by atoms with Crippen molar-refractivity contribution in [3.05, 3.63) is 48.3 Å². The van der Waals surface area contributed by atoms with Crippen molar-refractivity contribution in [3.63, 3.8) is 0 Å². The van der Waals surface area contributed by atoms with Crippen LogP contribution in [0, 0.1) is 5.82 Å². The van der Waals surface area contributed by atoms with Gasteiger partial charge in [0, 0.05) is 18.0 Å². The number of hydrogen-bond donors (Lipinski definition) is 1. The second kappa shape index (κ2) is 10.3. The molecular formula is C21H25FN2O4S2. The van der Waals surface area contributed by atoms with Crippen LogP contribution in [0.5, 0.6) is 5.75 Å². The molecule has 0 aromatic heterocycles. The Labute approximate surface area is 180 Å². The maximum Gasteiger partial charge on any atom is 0.243 e. The molecule has 0 bridgehead atoms. The number of thioether (sulfide) groups is 1. The van der Waals surface area contributed by atoms with Crippen LogP contribution in [0.15, 0.2) is 52.3 Å². The summed E-state index contributed by atoms with van der Waals surface area (Å²) in [7, 11) is -3.64. The second-order valence-electron chi connectivity index (χ2n) is 6.82. The van der Waals surface area contributed by atoms with E-state index >= 15 is 0 Å². The first kappa shape index (κ1) is 22.6. The monoisotopic (exact) mass is 452 g/mol. The van der Waals surface area contributed by atoms with E-state index in [0.29, 0.717) is 30.3 Å². The number of piperidine rings is 1. The number of halogens is 1. The lowest BCUT2D eigenvalue weighted by Crippen LogP contribution is -2.35. The molecule has 1 amide bonds. The van der Waals surface area contributed by atoms with Crippen molar-refractivity contribution in [1.29, 1.82) is 0 Å². The van der Waals surface area contributed by atoms with Gasteiger partial charge in [0.1, 0.15) is 11.6 Å². The Bertz CT molecular complexity index is 992. The minimum absolute atomic E-state index is 0.0183. The van der Waals surface area contributed by atoms with Crippen LogP contribution >= 0.6 is 11.8 Å². The zero-order valence-electron chi connectivity index (χ0n) is 16.8. The van der Waals surface area contributed by atoms with E-state index in [-0.39, 0.29) is 28.1 Å². The number of ether oxygens (including phenoxy) is 1. The molecule has 0 atom stereocenters. The molecule has 2 aromatic carbocycles. The molecule has 0 unspecified atom stereocenters. The van der Waals surface area contributed by atoms with E-state index in [1.165, 1.54) is 22.5 Å². The lowest BCUT2D eigenvalue weighted by Gasteiger charge is -2.26. The molecule has 6 nitrogen and oxygen atoms in total. The second-order valence-corrected chi connectivity index (χ2v) is 9.78. The fourth-order valence-electron chi connectivity index (χ4n) is 3.19. The molecule has 3 rings (SSSR count). The molecule has 0 spiro atoms. The maximum atomic E-state index is 13.7. The average Bonchev–Trinajstić information content (AvgIpc) is 2.75. The largest absolute Gasteiger partial charge is 0.492 e. The Balaban J connectivity index is 1.77. The van der Waals surface area contributed by atoms with E-state index in [2.05, 4.69) is 5.32 Å². The van der Waals surface area contributed by atoms with Crippen molar-refractivity contribution in [2.45, 2.75) is 36.0 Å². The van der Waals surface area contributed by atoms with Crippen LogP contribution in [0.4, 0.5) is 10.1 Å². The SMILES string of the molecule is CCOc1ccc(S(=O)(=O)N2CCCCC2)cc1NC(=O)CSc1ccccc1F. The Morgan fingerprint density at radius 2 is 1.90 bits per heavy atom. The molecule has 1 aliphatic rings. The highest BCUT2D eigenvalue weighted by atomic mass is 32.2. The van der Waals surface area contributed by atoms with Gasteiger partial charge in [-0.05, 0) is 50.1 Å². The standard InChI is InChI=1S/C21H25FN2O4S2/c1-2-28-19-11-10-16(30(26,27)24-12-6-3-7-13-24)14-18(19)23-21(25)15-29-20-9-5-4-8-17(20)22/h4-5,8-11,14H,2-3,6-7,12-13,15H2,1H3,(H,23,25). The summed E-state index contributed by atoms with van der Waals surface area (Å²) >= 11 is 1.07. The van der Waals surface area contributed by atoms with Gasteiger partial charge in [-0.2, -0.15) is 4.31 Å². The minimum atomic E-state index is -3.64. The average molecular weight is 453 g/mol. The van der Waals surface area contributed by atoms with Crippen molar-refractivity contribution < 1.29 is 22.3 Å². The Kier molecular flexibility index (Phi) is 7.74. The third-order valence-corrected chi connectivity index (χ3v) is 7.62. The summed E-state index contributed by atoms with van der Waals surface area (Å²) in [5.74, 6) is -0.397. The van der Waals surface area contributed by atoms with Gasteiger partial charge in [0.05, 0.1) is 22.9 Å². The van der Waals surface area contributed by atoms with Crippen molar-refractivity contribution in [3.8, 4) is 5.75 Å². The van der Waals surface area contributed by atoms with E-state index in [9.17, 15) is 17.6 Å². The Hall–Kier alpha value is -2.10. The van der Waals surface area contributed by atoms with Gasteiger partial charge in [-0.1, -0.05) is 18.6 Å². The van der Waals surface area contributed by atoms with Crippen molar-refractivity contribution in [1.82, 2.24) is 4.31 Å². The molecule has 1 heterocycles. The van der Waals surface area contributed by atoms with Gasteiger partial charge in [-0.15, -0.1) is 11.8 Å². The summed E-state index contributed by atoms with van der Waals surface area (Å²) in [4.78, 5) is 12.9. The first-order valence-electron chi connectivity index (χ1n) is 9.86. The fraction of sp³-hybridized carbons (Fsp3) is 0.381. The Morgan fingerprint density at radius 1 is 1.17 bits per heavy atom. The molecule has 30 heavy (non-hydrogen) atoms. The number of rotatable bonds is 8. The van der Waals surface area contributed by atoms with Crippen LogP contribution in [0.2, 0.25) is 0 Å². The predicted octanol–water partition coefficient (Wildman–Crippen LogP) is 4.13. The van der Waals surface area contributed by atoms with Crippen LogP contribution in [0.3, 0.4) is 0 Å². The zero-order valence-corrected chi connectivity index (χ0v) is 18.4. The number of carbonyl (C=O) groups excluding carboxylic acids is 1. The van der Waals surface area contributed by atoms with Crippen LogP contribution in [-0.4, -0.2) is 44.1 Å². The van der Waals surface area contributed by atoms with Crippen LogP contribution in [0.25, 0.3) is 0 Å². The molecule has 0 radical (unpaired) electrons. The van der Waals surface area contributed by atoms with Gasteiger partial charge in [0.2, 0.25) is 15.9 Å². The van der Waals surface area contributed by atoms with Gasteiger partial charge in [-0.25, -0.2) is 12.8 Å². The van der Waals surface area contributed by atoms with Gasteiger partial charge in [0.15, 0.2) is 0 Å². The lowest BCUT2D eigenvalue weighted by atomic mass is 10.2. The number of sulfonamides is 1. The summed E-state index contributed by atoms with van der Waals surface area (Å²) in [5, 5.41) is 2.71. The first-order chi connectivity index (χ1) is 14.4. The molecule has 9 heteroatoms. The molecule has 1 fully saturated rings. The molecule has 1 saturated heterocycles. The summed E-state index contributed by atoms with van der Waals surface area (Å²) in [5.41, 5.74) is 0.286. The number of hydrogen-bond acceptors (Lipinski definition) is 5. The number of carbonyl (C=O) groups is 1.